The third kappa shape index (κ3) is 2.82. The van der Waals surface area contributed by atoms with Crippen molar-refractivity contribution in [3.63, 3.8) is 0 Å². The minimum atomic E-state index is -1.02. The lowest BCUT2D eigenvalue weighted by Gasteiger charge is -2.08. The van der Waals surface area contributed by atoms with Crippen molar-refractivity contribution >= 4 is 17.0 Å². The number of benzene rings is 3. The van der Waals surface area contributed by atoms with Crippen molar-refractivity contribution in [3.8, 4) is 16.8 Å². The molecule has 0 saturated heterocycles. The van der Waals surface area contributed by atoms with Crippen molar-refractivity contribution < 1.29 is 18.7 Å². The van der Waals surface area contributed by atoms with Crippen LogP contribution in [0.4, 0.5) is 8.78 Å². The van der Waals surface area contributed by atoms with Crippen molar-refractivity contribution in [2.45, 2.75) is 0 Å². The number of nitrogens with zero attached hydrogens (tertiary/aromatic N) is 2. The molecule has 6 heteroatoms. The van der Waals surface area contributed by atoms with Crippen LogP contribution in [0.2, 0.25) is 0 Å². The molecule has 0 unspecified atom stereocenters. The second kappa shape index (κ2) is 6.07. The Kier molecular flexibility index (Phi) is 3.73. The highest BCUT2D eigenvalue weighted by molar-refractivity contribution is 5.92. The highest BCUT2D eigenvalue weighted by Crippen LogP contribution is 2.26. The van der Waals surface area contributed by atoms with E-state index in [2.05, 4.69) is 4.98 Å². The number of hydrogen-bond donors (Lipinski definition) is 1. The fourth-order valence-corrected chi connectivity index (χ4v) is 2.90. The van der Waals surface area contributed by atoms with Crippen molar-refractivity contribution in [2.75, 3.05) is 0 Å². The predicted octanol–water partition coefficient (Wildman–Crippen LogP) is 4.67. The molecule has 1 heterocycles. The van der Waals surface area contributed by atoms with E-state index in [4.69, 9.17) is 0 Å². The first-order valence-corrected chi connectivity index (χ1v) is 7.78. The molecule has 128 valence electrons. The lowest BCUT2D eigenvalue weighted by molar-refractivity contribution is 0.0697. The van der Waals surface area contributed by atoms with Gasteiger partial charge in [-0.25, -0.2) is 18.6 Å². The Balaban J connectivity index is 1.85. The highest BCUT2D eigenvalue weighted by Gasteiger charge is 2.10. The number of carboxylic acids is 1. The molecular weight excluding hydrogens is 338 g/mol. The zero-order valence-corrected chi connectivity index (χ0v) is 13.4. The van der Waals surface area contributed by atoms with Gasteiger partial charge in [-0.3, -0.25) is 4.57 Å². The Morgan fingerprint density at radius 2 is 1.69 bits per heavy atom. The third-order valence-corrected chi connectivity index (χ3v) is 4.11. The average Bonchev–Trinajstić information content (AvgIpc) is 3.04. The van der Waals surface area contributed by atoms with E-state index in [0.29, 0.717) is 27.8 Å². The third-order valence-electron chi connectivity index (χ3n) is 4.11. The van der Waals surface area contributed by atoms with Crippen LogP contribution in [0, 0.1) is 11.6 Å². The molecule has 0 atom stereocenters. The first-order chi connectivity index (χ1) is 12.5. The Labute approximate surface area is 147 Å². The summed E-state index contributed by atoms with van der Waals surface area (Å²) >= 11 is 0. The molecule has 0 amide bonds. The smallest absolute Gasteiger partial charge is 0.335 e. The second-order valence-electron chi connectivity index (χ2n) is 5.83. The molecule has 0 aliphatic rings. The van der Waals surface area contributed by atoms with Gasteiger partial charge in [0.2, 0.25) is 0 Å². The zero-order valence-electron chi connectivity index (χ0n) is 13.4. The van der Waals surface area contributed by atoms with Crippen molar-refractivity contribution in [2.24, 2.45) is 0 Å². The van der Waals surface area contributed by atoms with Gasteiger partial charge in [-0.15, -0.1) is 0 Å². The van der Waals surface area contributed by atoms with Crippen LogP contribution in [0.5, 0.6) is 0 Å². The van der Waals surface area contributed by atoms with Gasteiger partial charge in [0.05, 0.1) is 16.6 Å². The van der Waals surface area contributed by atoms with Crippen LogP contribution in [0.3, 0.4) is 0 Å². The fourth-order valence-electron chi connectivity index (χ4n) is 2.90. The minimum absolute atomic E-state index is 0.155. The van der Waals surface area contributed by atoms with Crippen LogP contribution in [0.1, 0.15) is 10.4 Å². The molecule has 1 aromatic heterocycles. The van der Waals surface area contributed by atoms with E-state index in [1.807, 2.05) is 6.07 Å². The summed E-state index contributed by atoms with van der Waals surface area (Å²) < 4.78 is 28.7. The lowest BCUT2D eigenvalue weighted by Crippen LogP contribution is -1.97. The number of fused-ring (bicyclic) bond motifs is 1. The average molecular weight is 350 g/mol. The molecular formula is C20H12F2N2O2. The van der Waals surface area contributed by atoms with Gasteiger partial charge in [0.15, 0.2) is 0 Å². The Hall–Kier alpha value is -3.54. The van der Waals surface area contributed by atoms with E-state index in [-0.39, 0.29) is 5.56 Å². The Morgan fingerprint density at radius 3 is 2.42 bits per heavy atom. The number of aromatic carboxylic acids is 1. The molecule has 0 spiro atoms. The maximum Gasteiger partial charge on any atom is 0.335 e. The Morgan fingerprint density at radius 1 is 0.923 bits per heavy atom. The van der Waals surface area contributed by atoms with Crippen molar-refractivity contribution in [3.05, 3.63) is 84.2 Å². The van der Waals surface area contributed by atoms with E-state index >= 15 is 0 Å². The molecule has 4 aromatic rings. The summed E-state index contributed by atoms with van der Waals surface area (Å²) in [5.74, 6) is -2.32. The molecule has 0 aliphatic heterocycles. The van der Waals surface area contributed by atoms with Crippen molar-refractivity contribution in [1.82, 2.24) is 9.55 Å². The molecule has 4 rings (SSSR count). The highest BCUT2D eigenvalue weighted by atomic mass is 19.1. The summed E-state index contributed by atoms with van der Waals surface area (Å²) in [7, 11) is 0. The van der Waals surface area contributed by atoms with E-state index in [1.54, 1.807) is 41.2 Å². The number of imidazole rings is 1. The monoisotopic (exact) mass is 350 g/mol. The number of carboxylic acid groups (broad SMARTS) is 1. The standard InChI is InChI=1S/C20H12F2N2O2/c21-15-6-14(7-16(22)10-15)12-2-1-3-17(8-12)24-11-23-18-5-4-13(20(25)26)9-19(18)24/h1-11H,(H,25,26). The quantitative estimate of drug-likeness (QED) is 0.584. The van der Waals surface area contributed by atoms with Gasteiger partial charge in [0.25, 0.3) is 0 Å². The Bertz CT molecular complexity index is 1130. The first-order valence-electron chi connectivity index (χ1n) is 7.78. The molecule has 26 heavy (non-hydrogen) atoms. The number of aromatic nitrogens is 2. The molecule has 4 nitrogen and oxygen atoms in total. The first kappa shape index (κ1) is 16.0. The molecule has 3 aromatic carbocycles. The maximum absolute atomic E-state index is 13.5. The molecule has 0 aliphatic carbocycles. The minimum Gasteiger partial charge on any atom is -0.478 e. The summed E-state index contributed by atoms with van der Waals surface area (Å²) in [5.41, 5.74) is 3.20. The summed E-state index contributed by atoms with van der Waals surface area (Å²) in [6.45, 7) is 0. The maximum atomic E-state index is 13.5. The molecule has 0 radical (unpaired) electrons. The lowest BCUT2D eigenvalue weighted by atomic mass is 10.0. The van der Waals surface area contributed by atoms with E-state index in [0.717, 1.165) is 6.07 Å². The van der Waals surface area contributed by atoms with Crippen molar-refractivity contribution in [1.29, 1.82) is 0 Å². The number of rotatable bonds is 3. The van der Waals surface area contributed by atoms with Gasteiger partial charge in [-0.2, -0.15) is 0 Å². The van der Waals surface area contributed by atoms with Gasteiger partial charge in [-0.1, -0.05) is 12.1 Å². The predicted molar refractivity (Wildman–Crippen MR) is 93.4 cm³/mol. The molecule has 0 saturated carbocycles. The number of hydrogen-bond acceptors (Lipinski definition) is 2. The molecule has 1 N–H and O–H groups in total. The summed E-state index contributed by atoms with van der Waals surface area (Å²) in [6, 6.07) is 15.1. The topological polar surface area (TPSA) is 55.1 Å². The van der Waals surface area contributed by atoms with Gasteiger partial charge < -0.3 is 5.11 Å². The molecule has 0 bridgehead atoms. The van der Waals surface area contributed by atoms with Gasteiger partial charge in [0.1, 0.15) is 18.0 Å². The van der Waals surface area contributed by atoms with E-state index < -0.39 is 17.6 Å². The zero-order chi connectivity index (χ0) is 18.3. The second-order valence-corrected chi connectivity index (χ2v) is 5.83. The SMILES string of the molecule is O=C(O)c1ccc2ncn(-c3cccc(-c4cc(F)cc(F)c4)c3)c2c1. The van der Waals surface area contributed by atoms with E-state index in [1.165, 1.54) is 18.2 Å². The number of halogens is 2. The largest absolute Gasteiger partial charge is 0.478 e. The van der Waals surface area contributed by atoms with Gasteiger partial charge in [-0.05, 0) is 53.6 Å². The van der Waals surface area contributed by atoms with Gasteiger partial charge in [0, 0.05) is 11.8 Å². The van der Waals surface area contributed by atoms with Crippen LogP contribution >= 0.6 is 0 Å². The fraction of sp³-hybridized carbons (Fsp3) is 0. The van der Waals surface area contributed by atoms with E-state index in [9.17, 15) is 18.7 Å². The van der Waals surface area contributed by atoms with Crippen LogP contribution in [0.15, 0.2) is 67.0 Å². The number of carbonyl (C=O) groups is 1. The van der Waals surface area contributed by atoms with Gasteiger partial charge >= 0.3 is 5.97 Å². The molecule has 0 fully saturated rings. The van der Waals surface area contributed by atoms with Crippen LogP contribution < -0.4 is 0 Å². The van der Waals surface area contributed by atoms with Crippen LogP contribution in [0.25, 0.3) is 27.8 Å². The summed E-state index contributed by atoms with van der Waals surface area (Å²) in [5, 5.41) is 9.19. The summed E-state index contributed by atoms with van der Waals surface area (Å²) in [6.07, 6.45) is 1.58. The normalized spacial score (nSPS) is 11.0. The van der Waals surface area contributed by atoms with Crippen LogP contribution in [-0.2, 0) is 0 Å². The summed E-state index contributed by atoms with van der Waals surface area (Å²) in [4.78, 5) is 15.5. The van der Waals surface area contributed by atoms with Crippen LogP contribution in [-0.4, -0.2) is 20.6 Å².